The van der Waals surface area contributed by atoms with Crippen LogP contribution in [0.4, 0.5) is 5.69 Å². The van der Waals surface area contributed by atoms with Gasteiger partial charge < -0.3 is 9.15 Å². The highest BCUT2D eigenvalue weighted by atomic mass is 16.6. The fraction of sp³-hybridized carbons (Fsp3) is 0. The molecule has 0 bridgehead atoms. The van der Waals surface area contributed by atoms with E-state index in [0.29, 0.717) is 22.1 Å². The van der Waals surface area contributed by atoms with Gasteiger partial charge in [0.15, 0.2) is 5.43 Å². The standard InChI is InChI=1S/C24H15NO6/c26-23(13-8-16-6-9-18(10-7-16)25(28)29)31-19-11-12-20-22(14-19)30-15-21(24(20)27)17-4-2-1-3-5-17/h1-15H/b13-8+. The molecule has 0 fully saturated rings. The number of rotatable bonds is 5. The van der Waals surface area contributed by atoms with Gasteiger partial charge in [-0.15, -0.1) is 0 Å². The van der Waals surface area contributed by atoms with Crippen LogP contribution < -0.4 is 10.2 Å². The summed E-state index contributed by atoms with van der Waals surface area (Å²) in [4.78, 5) is 35.0. The molecule has 1 aromatic heterocycles. The summed E-state index contributed by atoms with van der Waals surface area (Å²) in [6, 6.07) is 19.5. The van der Waals surface area contributed by atoms with Crippen LogP contribution >= 0.6 is 0 Å². The van der Waals surface area contributed by atoms with Crippen LogP contribution in [-0.4, -0.2) is 10.9 Å². The molecule has 0 unspecified atom stereocenters. The van der Waals surface area contributed by atoms with Crippen molar-refractivity contribution in [1.82, 2.24) is 0 Å². The number of carbonyl (C=O) groups excluding carboxylic acids is 1. The van der Waals surface area contributed by atoms with Crippen LogP contribution in [0.2, 0.25) is 0 Å². The number of fused-ring (bicyclic) bond motifs is 1. The fourth-order valence-corrected chi connectivity index (χ4v) is 3.01. The molecule has 0 aliphatic heterocycles. The van der Waals surface area contributed by atoms with Gasteiger partial charge >= 0.3 is 5.97 Å². The van der Waals surface area contributed by atoms with Crippen molar-refractivity contribution in [3.63, 3.8) is 0 Å². The van der Waals surface area contributed by atoms with Crippen molar-refractivity contribution in [2.75, 3.05) is 0 Å². The lowest BCUT2D eigenvalue weighted by atomic mass is 10.1. The number of non-ortho nitro benzene ring substituents is 1. The average molecular weight is 413 g/mol. The third-order valence-electron chi connectivity index (χ3n) is 4.57. The summed E-state index contributed by atoms with van der Waals surface area (Å²) in [5.74, 6) is -0.414. The highest BCUT2D eigenvalue weighted by molar-refractivity contribution is 5.90. The van der Waals surface area contributed by atoms with E-state index in [1.54, 1.807) is 6.07 Å². The number of carbonyl (C=O) groups is 1. The van der Waals surface area contributed by atoms with E-state index in [1.165, 1.54) is 54.8 Å². The first kappa shape index (κ1) is 19.8. The Bertz CT molecular complexity index is 1350. The van der Waals surface area contributed by atoms with Crippen LogP contribution in [0.5, 0.6) is 5.75 Å². The van der Waals surface area contributed by atoms with Gasteiger partial charge in [-0.25, -0.2) is 4.79 Å². The summed E-state index contributed by atoms with van der Waals surface area (Å²) in [6.45, 7) is 0. The topological polar surface area (TPSA) is 99.6 Å². The molecule has 1 heterocycles. The zero-order valence-electron chi connectivity index (χ0n) is 16.1. The minimum atomic E-state index is -0.638. The lowest BCUT2D eigenvalue weighted by Crippen LogP contribution is -2.06. The van der Waals surface area contributed by atoms with Crippen molar-refractivity contribution in [1.29, 1.82) is 0 Å². The highest BCUT2D eigenvalue weighted by Crippen LogP contribution is 2.23. The predicted octanol–water partition coefficient (Wildman–Crippen LogP) is 4.99. The van der Waals surface area contributed by atoms with E-state index in [4.69, 9.17) is 9.15 Å². The second-order valence-electron chi connectivity index (χ2n) is 6.61. The first-order valence-corrected chi connectivity index (χ1v) is 9.26. The molecule has 0 spiro atoms. The van der Waals surface area contributed by atoms with Gasteiger partial charge in [0.05, 0.1) is 15.9 Å². The van der Waals surface area contributed by atoms with Crippen molar-refractivity contribution in [3.8, 4) is 16.9 Å². The zero-order valence-corrected chi connectivity index (χ0v) is 16.1. The molecule has 0 atom stereocenters. The molecule has 152 valence electrons. The normalized spacial score (nSPS) is 11.0. The summed E-state index contributed by atoms with van der Waals surface area (Å²) < 4.78 is 10.9. The summed E-state index contributed by atoms with van der Waals surface area (Å²) in [5, 5.41) is 11.1. The Morgan fingerprint density at radius 2 is 1.74 bits per heavy atom. The van der Waals surface area contributed by atoms with Crippen LogP contribution in [-0.2, 0) is 4.79 Å². The number of nitro benzene ring substituents is 1. The number of esters is 1. The molecule has 0 amide bonds. The van der Waals surface area contributed by atoms with E-state index >= 15 is 0 Å². The highest BCUT2D eigenvalue weighted by Gasteiger charge is 2.11. The Balaban J connectivity index is 1.51. The minimum Gasteiger partial charge on any atom is -0.463 e. The Hall–Kier alpha value is -4.52. The number of hydrogen-bond donors (Lipinski definition) is 0. The summed E-state index contributed by atoms with van der Waals surface area (Å²) in [7, 11) is 0. The van der Waals surface area contributed by atoms with E-state index in [-0.39, 0.29) is 16.9 Å². The maximum absolute atomic E-state index is 12.8. The molecule has 4 rings (SSSR count). The van der Waals surface area contributed by atoms with Crippen molar-refractivity contribution in [2.24, 2.45) is 0 Å². The molecule has 0 aliphatic rings. The van der Waals surface area contributed by atoms with Crippen LogP contribution in [0.3, 0.4) is 0 Å². The first-order chi connectivity index (χ1) is 15.0. The lowest BCUT2D eigenvalue weighted by Gasteiger charge is -2.05. The van der Waals surface area contributed by atoms with Crippen molar-refractivity contribution < 1.29 is 18.9 Å². The van der Waals surface area contributed by atoms with Gasteiger partial charge in [0, 0.05) is 24.3 Å². The Morgan fingerprint density at radius 1 is 1.00 bits per heavy atom. The molecular formula is C24H15NO6. The SMILES string of the molecule is O=C(/C=C/c1ccc([N+](=O)[O-])cc1)Oc1ccc2c(=O)c(-c3ccccc3)coc2c1. The predicted molar refractivity (Wildman–Crippen MR) is 116 cm³/mol. The smallest absolute Gasteiger partial charge is 0.336 e. The van der Waals surface area contributed by atoms with E-state index in [1.807, 2.05) is 30.3 Å². The molecule has 4 aromatic rings. The minimum absolute atomic E-state index is 0.0344. The fourth-order valence-electron chi connectivity index (χ4n) is 3.01. The van der Waals surface area contributed by atoms with E-state index < -0.39 is 10.9 Å². The van der Waals surface area contributed by atoms with Gasteiger partial charge in [-0.05, 0) is 41.5 Å². The first-order valence-electron chi connectivity index (χ1n) is 9.26. The zero-order chi connectivity index (χ0) is 21.8. The van der Waals surface area contributed by atoms with Crippen molar-refractivity contribution in [2.45, 2.75) is 0 Å². The number of nitro groups is 1. The maximum atomic E-state index is 12.8. The third-order valence-corrected chi connectivity index (χ3v) is 4.57. The Morgan fingerprint density at radius 3 is 2.45 bits per heavy atom. The third kappa shape index (κ3) is 4.40. The monoisotopic (exact) mass is 413 g/mol. The van der Waals surface area contributed by atoms with E-state index in [9.17, 15) is 19.7 Å². The molecule has 0 saturated heterocycles. The Kier molecular flexibility index (Phi) is 5.40. The summed E-state index contributed by atoms with van der Waals surface area (Å²) in [6.07, 6.45) is 4.08. The molecule has 3 aromatic carbocycles. The Labute approximate surface area is 176 Å². The quantitative estimate of drug-likeness (QED) is 0.150. The lowest BCUT2D eigenvalue weighted by molar-refractivity contribution is -0.384. The number of benzene rings is 3. The number of nitrogens with zero attached hydrogens (tertiary/aromatic N) is 1. The van der Waals surface area contributed by atoms with Gasteiger partial charge in [0.2, 0.25) is 0 Å². The molecule has 0 radical (unpaired) electrons. The van der Waals surface area contributed by atoms with Gasteiger partial charge in [-0.3, -0.25) is 14.9 Å². The molecule has 31 heavy (non-hydrogen) atoms. The molecule has 7 nitrogen and oxygen atoms in total. The molecule has 0 N–H and O–H groups in total. The van der Waals surface area contributed by atoms with Crippen molar-refractivity contribution >= 4 is 28.7 Å². The van der Waals surface area contributed by atoms with E-state index in [0.717, 1.165) is 5.56 Å². The second kappa shape index (κ2) is 8.46. The van der Waals surface area contributed by atoms with Gasteiger partial charge in [0.1, 0.15) is 17.6 Å². The maximum Gasteiger partial charge on any atom is 0.336 e. The second-order valence-corrected chi connectivity index (χ2v) is 6.61. The van der Waals surface area contributed by atoms with Gasteiger partial charge in [-0.1, -0.05) is 30.3 Å². The van der Waals surface area contributed by atoms with Gasteiger partial charge in [0.25, 0.3) is 5.69 Å². The molecule has 7 heteroatoms. The van der Waals surface area contributed by atoms with Crippen LogP contribution in [0, 0.1) is 10.1 Å². The summed E-state index contributed by atoms with van der Waals surface area (Å²) >= 11 is 0. The van der Waals surface area contributed by atoms with Crippen LogP contribution in [0.15, 0.2) is 94.3 Å². The van der Waals surface area contributed by atoms with Crippen LogP contribution in [0.25, 0.3) is 28.2 Å². The molecular weight excluding hydrogens is 398 g/mol. The van der Waals surface area contributed by atoms with Crippen molar-refractivity contribution in [3.05, 3.63) is 111 Å². The largest absolute Gasteiger partial charge is 0.463 e. The number of hydrogen-bond acceptors (Lipinski definition) is 6. The van der Waals surface area contributed by atoms with Crippen LogP contribution in [0.1, 0.15) is 5.56 Å². The van der Waals surface area contributed by atoms with E-state index in [2.05, 4.69) is 0 Å². The average Bonchev–Trinajstić information content (AvgIpc) is 2.79. The van der Waals surface area contributed by atoms with Gasteiger partial charge in [-0.2, -0.15) is 0 Å². The molecule has 0 saturated carbocycles. The molecule has 0 aliphatic carbocycles. The summed E-state index contributed by atoms with van der Waals surface area (Å²) in [5.41, 5.74) is 1.90. The number of ether oxygens (including phenoxy) is 1.